The van der Waals surface area contributed by atoms with E-state index < -0.39 is 0 Å². The van der Waals surface area contributed by atoms with Gasteiger partial charge in [-0.3, -0.25) is 0 Å². The van der Waals surface area contributed by atoms with E-state index in [-0.39, 0.29) is 6.04 Å². The summed E-state index contributed by atoms with van der Waals surface area (Å²) in [5.74, 6) is 0. The third-order valence-electron chi connectivity index (χ3n) is 2.37. The maximum absolute atomic E-state index is 5.99. The monoisotopic (exact) mass is 190 g/mol. The van der Waals surface area contributed by atoms with Crippen molar-refractivity contribution in [2.75, 3.05) is 13.7 Å². The van der Waals surface area contributed by atoms with Crippen LogP contribution in [0.25, 0.3) is 10.9 Å². The molecule has 74 valence electrons. The van der Waals surface area contributed by atoms with Gasteiger partial charge in [0.15, 0.2) is 0 Å². The molecule has 1 atom stereocenters. The lowest BCUT2D eigenvalue weighted by atomic mass is 10.0. The minimum absolute atomic E-state index is 0.0560. The zero-order chi connectivity index (χ0) is 9.97. The van der Waals surface area contributed by atoms with Gasteiger partial charge in [-0.1, -0.05) is 12.1 Å². The van der Waals surface area contributed by atoms with Crippen LogP contribution >= 0.6 is 0 Å². The Hall–Kier alpha value is -1.32. The Morgan fingerprint density at radius 1 is 1.43 bits per heavy atom. The molecule has 0 aliphatic heterocycles. The molecule has 1 aromatic heterocycles. The van der Waals surface area contributed by atoms with Gasteiger partial charge in [-0.2, -0.15) is 0 Å². The number of fused-ring (bicyclic) bond motifs is 1. The summed E-state index contributed by atoms with van der Waals surface area (Å²) in [6, 6.07) is 8.07. The van der Waals surface area contributed by atoms with Crippen molar-refractivity contribution in [3.05, 3.63) is 36.0 Å². The molecule has 1 aromatic carbocycles. The molecule has 0 unspecified atom stereocenters. The van der Waals surface area contributed by atoms with E-state index in [1.54, 1.807) is 7.11 Å². The molecular weight excluding hydrogens is 176 g/mol. The highest BCUT2D eigenvalue weighted by atomic mass is 16.5. The Balaban J connectivity index is 2.45. The van der Waals surface area contributed by atoms with Gasteiger partial charge in [-0.05, 0) is 17.7 Å². The smallest absolute Gasteiger partial charge is 0.0655 e. The Morgan fingerprint density at radius 3 is 3.07 bits per heavy atom. The first-order chi connectivity index (χ1) is 6.83. The van der Waals surface area contributed by atoms with Crippen LogP contribution in [-0.2, 0) is 4.74 Å². The standard InChI is InChI=1S/C11H14N2O/c1-14-7-10(12)8-3-2-4-11-9(8)5-6-13-11/h2-6,10,13H,7,12H2,1H3/t10-/m1/s1. The Morgan fingerprint density at radius 2 is 2.29 bits per heavy atom. The van der Waals surface area contributed by atoms with E-state index in [1.165, 1.54) is 5.39 Å². The molecule has 0 saturated heterocycles. The number of aromatic amines is 1. The molecule has 0 fully saturated rings. The first-order valence-electron chi connectivity index (χ1n) is 4.63. The van der Waals surface area contributed by atoms with Crippen LogP contribution in [0.15, 0.2) is 30.5 Å². The Labute approximate surface area is 82.9 Å². The second-order valence-corrected chi connectivity index (χ2v) is 3.35. The lowest BCUT2D eigenvalue weighted by molar-refractivity contribution is 0.181. The van der Waals surface area contributed by atoms with Gasteiger partial charge < -0.3 is 15.5 Å². The van der Waals surface area contributed by atoms with Gasteiger partial charge >= 0.3 is 0 Å². The van der Waals surface area contributed by atoms with E-state index in [4.69, 9.17) is 10.5 Å². The first-order valence-corrected chi connectivity index (χ1v) is 4.63. The molecule has 2 rings (SSSR count). The predicted molar refractivity (Wildman–Crippen MR) is 57.1 cm³/mol. The molecule has 0 radical (unpaired) electrons. The van der Waals surface area contributed by atoms with Crippen molar-refractivity contribution in [3.8, 4) is 0 Å². The fraction of sp³-hybridized carbons (Fsp3) is 0.273. The SMILES string of the molecule is COC[C@@H](N)c1cccc2[nH]ccc12. The molecule has 3 heteroatoms. The van der Waals surface area contributed by atoms with Crippen molar-refractivity contribution in [2.45, 2.75) is 6.04 Å². The largest absolute Gasteiger partial charge is 0.383 e. The number of nitrogens with one attached hydrogen (secondary N) is 1. The summed E-state index contributed by atoms with van der Waals surface area (Å²) in [6.45, 7) is 0.546. The fourth-order valence-electron chi connectivity index (χ4n) is 1.70. The molecule has 1 heterocycles. The minimum Gasteiger partial charge on any atom is -0.383 e. The van der Waals surface area contributed by atoms with E-state index in [2.05, 4.69) is 4.98 Å². The highest BCUT2D eigenvalue weighted by Crippen LogP contribution is 2.22. The van der Waals surface area contributed by atoms with Crippen molar-refractivity contribution < 1.29 is 4.74 Å². The number of hydrogen-bond donors (Lipinski definition) is 2. The third-order valence-corrected chi connectivity index (χ3v) is 2.37. The van der Waals surface area contributed by atoms with Gasteiger partial charge in [0.2, 0.25) is 0 Å². The second-order valence-electron chi connectivity index (χ2n) is 3.35. The normalized spacial score (nSPS) is 13.3. The van der Waals surface area contributed by atoms with Crippen LogP contribution in [0.1, 0.15) is 11.6 Å². The lowest BCUT2D eigenvalue weighted by Crippen LogP contribution is -2.16. The molecule has 0 aliphatic carbocycles. The van der Waals surface area contributed by atoms with E-state index in [9.17, 15) is 0 Å². The molecule has 0 bridgehead atoms. The van der Waals surface area contributed by atoms with Crippen molar-refractivity contribution in [2.24, 2.45) is 5.73 Å². The van der Waals surface area contributed by atoms with Crippen molar-refractivity contribution in [1.82, 2.24) is 4.98 Å². The molecule has 3 N–H and O–H groups in total. The van der Waals surface area contributed by atoms with Crippen LogP contribution in [0, 0.1) is 0 Å². The van der Waals surface area contributed by atoms with Crippen molar-refractivity contribution in [3.63, 3.8) is 0 Å². The van der Waals surface area contributed by atoms with Crippen LogP contribution in [0.5, 0.6) is 0 Å². The van der Waals surface area contributed by atoms with Crippen molar-refractivity contribution in [1.29, 1.82) is 0 Å². The number of nitrogens with two attached hydrogens (primary N) is 1. The number of ether oxygens (including phenoxy) is 1. The molecule has 0 saturated carbocycles. The summed E-state index contributed by atoms with van der Waals surface area (Å²) in [6.07, 6.45) is 1.92. The molecular formula is C11H14N2O. The summed E-state index contributed by atoms with van der Waals surface area (Å²) >= 11 is 0. The maximum Gasteiger partial charge on any atom is 0.0655 e. The summed E-state index contributed by atoms with van der Waals surface area (Å²) in [5, 5.41) is 1.18. The number of methoxy groups -OCH3 is 1. The molecule has 3 nitrogen and oxygen atoms in total. The topological polar surface area (TPSA) is 51.0 Å². The Kier molecular flexibility index (Phi) is 2.52. The van der Waals surface area contributed by atoms with Crippen LogP contribution < -0.4 is 5.73 Å². The quantitative estimate of drug-likeness (QED) is 0.775. The van der Waals surface area contributed by atoms with Crippen LogP contribution in [0.4, 0.5) is 0 Å². The highest BCUT2D eigenvalue weighted by Gasteiger charge is 2.09. The number of benzene rings is 1. The number of rotatable bonds is 3. The number of H-pyrrole nitrogens is 1. The molecule has 0 amide bonds. The van der Waals surface area contributed by atoms with Crippen LogP contribution in [0.3, 0.4) is 0 Å². The Bertz CT molecular complexity index is 422. The fourth-order valence-corrected chi connectivity index (χ4v) is 1.70. The zero-order valence-electron chi connectivity index (χ0n) is 8.16. The van der Waals surface area contributed by atoms with Gasteiger partial charge in [-0.15, -0.1) is 0 Å². The molecule has 2 aromatic rings. The zero-order valence-corrected chi connectivity index (χ0v) is 8.16. The summed E-state index contributed by atoms with van der Waals surface area (Å²) in [7, 11) is 1.66. The van der Waals surface area contributed by atoms with E-state index in [1.807, 2.05) is 30.5 Å². The van der Waals surface area contributed by atoms with Crippen molar-refractivity contribution >= 4 is 10.9 Å². The van der Waals surface area contributed by atoms with E-state index >= 15 is 0 Å². The van der Waals surface area contributed by atoms with Gasteiger partial charge in [-0.25, -0.2) is 0 Å². The average Bonchev–Trinajstić information content (AvgIpc) is 2.65. The predicted octanol–water partition coefficient (Wildman–Crippen LogP) is 1.81. The molecule has 0 aliphatic rings. The highest BCUT2D eigenvalue weighted by molar-refractivity contribution is 5.83. The second kappa shape index (κ2) is 3.82. The van der Waals surface area contributed by atoms with E-state index in [0.29, 0.717) is 6.61 Å². The van der Waals surface area contributed by atoms with Gasteiger partial charge in [0, 0.05) is 24.2 Å². The van der Waals surface area contributed by atoms with Gasteiger partial charge in [0.25, 0.3) is 0 Å². The van der Waals surface area contributed by atoms with Gasteiger partial charge in [0.05, 0.1) is 12.6 Å². The van der Waals surface area contributed by atoms with E-state index in [0.717, 1.165) is 11.1 Å². The molecule has 14 heavy (non-hydrogen) atoms. The van der Waals surface area contributed by atoms with Crippen LogP contribution in [-0.4, -0.2) is 18.7 Å². The minimum atomic E-state index is -0.0560. The van der Waals surface area contributed by atoms with Gasteiger partial charge in [0.1, 0.15) is 0 Å². The first kappa shape index (κ1) is 9.24. The number of hydrogen-bond acceptors (Lipinski definition) is 2. The average molecular weight is 190 g/mol. The van der Waals surface area contributed by atoms with Crippen LogP contribution in [0.2, 0.25) is 0 Å². The number of aromatic nitrogens is 1. The maximum atomic E-state index is 5.99. The summed E-state index contributed by atoms with van der Waals surface area (Å²) in [5.41, 5.74) is 8.24. The molecule has 0 spiro atoms. The lowest BCUT2D eigenvalue weighted by Gasteiger charge is -2.11. The third kappa shape index (κ3) is 1.52. The summed E-state index contributed by atoms with van der Waals surface area (Å²) in [4.78, 5) is 3.16. The summed E-state index contributed by atoms with van der Waals surface area (Å²) < 4.78 is 5.05.